The first-order chi connectivity index (χ1) is 8.65. The Morgan fingerprint density at radius 3 is 2.72 bits per heavy atom. The van der Waals surface area contributed by atoms with E-state index in [2.05, 4.69) is 5.10 Å². The first-order valence-corrected chi connectivity index (χ1v) is 6.77. The van der Waals surface area contributed by atoms with Gasteiger partial charge in [-0.2, -0.15) is 5.10 Å². The van der Waals surface area contributed by atoms with Gasteiger partial charge in [0.1, 0.15) is 0 Å². The molecule has 1 fully saturated rings. The van der Waals surface area contributed by atoms with Gasteiger partial charge in [0.05, 0.1) is 5.69 Å². The highest BCUT2D eigenvalue weighted by atomic mass is 16.2. The summed E-state index contributed by atoms with van der Waals surface area (Å²) in [5.74, 6) is 0.637. The van der Waals surface area contributed by atoms with E-state index in [9.17, 15) is 4.79 Å². The predicted molar refractivity (Wildman–Crippen MR) is 71.2 cm³/mol. The summed E-state index contributed by atoms with van der Waals surface area (Å²) in [7, 11) is 0. The lowest BCUT2D eigenvalue weighted by molar-refractivity contribution is 0.0700. The van der Waals surface area contributed by atoms with Crippen LogP contribution in [-0.4, -0.2) is 33.7 Å². The molecule has 0 unspecified atom stereocenters. The topological polar surface area (TPSA) is 64.2 Å². The Morgan fingerprint density at radius 2 is 2.28 bits per heavy atom. The summed E-state index contributed by atoms with van der Waals surface area (Å²) in [5, 5.41) is 4.25. The van der Waals surface area contributed by atoms with E-state index < -0.39 is 0 Å². The number of aromatic nitrogens is 2. The van der Waals surface area contributed by atoms with Crippen LogP contribution in [0.4, 0.5) is 5.69 Å². The summed E-state index contributed by atoms with van der Waals surface area (Å²) in [6.45, 7) is 6.27. The summed E-state index contributed by atoms with van der Waals surface area (Å²) < 4.78 is 1.71. The number of amides is 1. The van der Waals surface area contributed by atoms with Crippen LogP contribution in [0.15, 0.2) is 6.20 Å². The van der Waals surface area contributed by atoms with Crippen molar-refractivity contribution in [3.8, 4) is 0 Å². The zero-order valence-corrected chi connectivity index (χ0v) is 11.2. The van der Waals surface area contributed by atoms with Crippen molar-refractivity contribution in [1.29, 1.82) is 0 Å². The molecule has 0 saturated heterocycles. The van der Waals surface area contributed by atoms with Gasteiger partial charge in [-0.15, -0.1) is 0 Å². The summed E-state index contributed by atoms with van der Waals surface area (Å²) in [4.78, 5) is 14.2. The monoisotopic (exact) mass is 250 g/mol. The summed E-state index contributed by atoms with van der Waals surface area (Å²) >= 11 is 0. The Kier molecular flexibility index (Phi) is 3.89. The smallest absolute Gasteiger partial charge is 0.276 e. The largest absolute Gasteiger partial charge is 0.396 e. The van der Waals surface area contributed by atoms with Gasteiger partial charge in [0.25, 0.3) is 5.91 Å². The average Bonchev–Trinajstić information content (AvgIpc) is 2.69. The molecule has 2 rings (SSSR count). The fourth-order valence-corrected chi connectivity index (χ4v) is 2.26. The van der Waals surface area contributed by atoms with Crippen LogP contribution in [0.1, 0.15) is 43.6 Å². The maximum absolute atomic E-state index is 12.4. The van der Waals surface area contributed by atoms with E-state index in [0.29, 0.717) is 23.8 Å². The van der Waals surface area contributed by atoms with E-state index in [1.807, 2.05) is 18.7 Å². The van der Waals surface area contributed by atoms with Crippen LogP contribution < -0.4 is 5.73 Å². The van der Waals surface area contributed by atoms with E-state index in [1.54, 1.807) is 10.9 Å². The summed E-state index contributed by atoms with van der Waals surface area (Å²) in [5.41, 5.74) is 6.74. The van der Waals surface area contributed by atoms with Gasteiger partial charge in [0.2, 0.25) is 0 Å². The SMILES string of the molecule is CCN(CC1CCC1)C(=O)c1nn(CC)cc1N. The normalized spacial score (nSPS) is 15.4. The predicted octanol–water partition coefficient (Wildman–Crippen LogP) is 1.75. The third-order valence-electron chi connectivity index (χ3n) is 3.69. The van der Waals surface area contributed by atoms with Gasteiger partial charge in [0, 0.05) is 25.8 Å². The Hall–Kier alpha value is -1.52. The van der Waals surface area contributed by atoms with Crippen molar-refractivity contribution in [1.82, 2.24) is 14.7 Å². The Morgan fingerprint density at radius 1 is 1.56 bits per heavy atom. The van der Waals surface area contributed by atoms with Gasteiger partial charge in [-0.1, -0.05) is 6.42 Å². The van der Waals surface area contributed by atoms with Crippen molar-refractivity contribution in [3.63, 3.8) is 0 Å². The van der Waals surface area contributed by atoms with Crippen LogP contribution in [0.2, 0.25) is 0 Å². The first kappa shape index (κ1) is 12.9. The highest BCUT2D eigenvalue weighted by molar-refractivity contribution is 5.97. The number of anilines is 1. The van der Waals surface area contributed by atoms with Crippen LogP contribution in [0.25, 0.3) is 0 Å². The van der Waals surface area contributed by atoms with Crippen molar-refractivity contribution >= 4 is 11.6 Å². The van der Waals surface area contributed by atoms with Gasteiger partial charge < -0.3 is 10.6 Å². The molecule has 0 radical (unpaired) electrons. The second-order valence-corrected chi connectivity index (χ2v) is 4.93. The molecule has 100 valence electrons. The number of nitrogens with two attached hydrogens (primary N) is 1. The highest BCUT2D eigenvalue weighted by Gasteiger charge is 2.25. The summed E-state index contributed by atoms with van der Waals surface area (Å²) in [6, 6.07) is 0. The highest BCUT2D eigenvalue weighted by Crippen LogP contribution is 2.27. The van der Waals surface area contributed by atoms with Crippen LogP contribution in [0.5, 0.6) is 0 Å². The van der Waals surface area contributed by atoms with Crippen molar-refractivity contribution in [3.05, 3.63) is 11.9 Å². The zero-order valence-electron chi connectivity index (χ0n) is 11.2. The standard InChI is InChI=1S/C13H22N4O/c1-3-16(8-10-6-5-7-10)13(18)12-11(14)9-17(4-2)15-12/h9-10H,3-8,14H2,1-2H3. The maximum atomic E-state index is 12.4. The Labute approximate surface area is 108 Å². The number of nitrogens with zero attached hydrogens (tertiary/aromatic N) is 3. The molecule has 0 atom stereocenters. The molecule has 2 N–H and O–H groups in total. The number of carbonyl (C=O) groups is 1. The fraction of sp³-hybridized carbons (Fsp3) is 0.692. The van der Waals surface area contributed by atoms with Crippen LogP contribution in [0.3, 0.4) is 0 Å². The van der Waals surface area contributed by atoms with Crippen molar-refractivity contribution in [2.24, 2.45) is 5.92 Å². The molecule has 1 amide bonds. The third-order valence-corrected chi connectivity index (χ3v) is 3.69. The molecule has 0 spiro atoms. The fourth-order valence-electron chi connectivity index (χ4n) is 2.26. The number of hydrogen-bond acceptors (Lipinski definition) is 3. The minimum absolute atomic E-state index is 0.0332. The number of carbonyl (C=O) groups excluding carboxylic acids is 1. The van der Waals surface area contributed by atoms with E-state index in [-0.39, 0.29) is 5.91 Å². The van der Waals surface area contributed by atoms with E-state index >= 15 is 0 Å². The lowest BCUT2D eigenvalue weighted by Crippen LogP contribution is -2.37. The van der Waals surface area contributed by atoms with Gasteiger partial charge >= 0.3 is 0 Å². The van der Waals surface area contributed by atoms with Gasteiger partial charge in [-0.05, 0) is 32.6 Å². The van der Waals surface area contributed by atoms with E-state index in [4.69, 9.17) is 5.73 Å². The number of rotatable bonds is 5. The third kappa shape index (κ3) is 2.49. The quantitative estimate of drug-likeness (QED) is 0.865. The lowest BCUT2D eigenvalue weighted by Gasteiger charge is -2.31. The van der Waals surface area contributed by atoms with Crippen molar-refractivity contribution in [2.45, 2.75) is 39.7 Å². The van der Waals surface area contributed by atoms with Crippen LogP contribution in [0, 0.1) is 5.92 Å². The molecule has 0 aliphatic heterocycles. The number of hydrogen-bond donors (Lipinski definition) is 1. The lowest BCUT2D eigenvalue weighted by atomic mass is 9.85. The summed E-state index contributed by atoms with van der Waals surface area (Å²) in [6.07, 6.45) is 5.50. The van der Waals surface area contributed by atoms with Crippen LogP contribution in [-0.2, 0) is 6.54 Å². The molecule has 1 heterocycles. The Balaban J connectivity index is 2.08. The van der Waals surface area contributed by atoms with Gasteiger partial charge in [-0.3, -0.25) is 9.48 Å². The zero-order chi connectivity index (χ0) is 13.1. The molecular formula is C13H22N4O. The Bertz CT molecular complexity index is 423. The first-order valence-electron chi connectivity index (χ1n) is 6.77. The molecule has 0 aromatic carbocycles. The van der Waals surface area contributed by atoms with Crippen molar-refractivity contribution in [2.75, 3.05) is 18.8 Å². The minimum atomic E-state index is -0.0332. The molecule has 1 aliphatic carbocycles. The molecular weight excluding hydrogens is 228 g/mol. The number of nitrogen functional groups attached to an aromatic ring is 1. The second-order valence-electron chi connectivity index (χ2n) is 4.93. The molecule has 5 nitrogen and oxygen atoms in total. The van der Waals surface area contributed by atoms with Crippen molar-refractivity contribution < 1.29 is 4.79 Å². The molecule has 5 heteroatoms. The molecule has 1 aromatic heterocycles. The molecule has 1 aliphatic rings. The van der Waals surface area contributed by atoms with Gasteiger partial charge in [-0.25, -0.2) is 0 Å². The molecule has 1 aromatic rings. The van der Waals surface area contributed by atoms with E-state index in [0.717, 1.165) is 13.1 Å². The maximum Gasteiger partial charge on any atom is 0.276 e. The average molecular weight is 250 g/mol. The molecule has 0 bridgehead atoms. The second kappa shape index (κ2) is 5.42. The molecule has 1 saturated carbocycles. The number of aryl methyl sites for hydroxylation is 1. The molecule has 18 heavy (non-hydrogen) atoms. The van der Waals surface area contributed by atoms with Gasteiger partial charge in [0.15, 0.2) is 5.69 Å². The minimum Gasteiger partial charge on any atom is -0.396 e. The van der Waals surface area contributed by atoms with Crippen LogP contribution >= 0.6 is 0 Å². The van der Waals surface area contributed by atoms with E-state index in [1.165, 1.54) is 19.3 Å².